The number of nitrogens with one attached hydrogen (secondary N) is 2. The SMILES string of the molecule is CC1(C)OB(C2CC2)OC1(C)C.Fc1cnc2[nH]c3cnc(-c4cccnc4)cc3c2c1C1CC1.Fc1cnc2[nH]c3cnc(-c4cccnc4)cc3c2c1I. The van der Waals surface area contributed by atoms with Crippen molar-refractivity contribution >= 4 is 73.6 Å². The van der Waals surface area contributed by atoms with E-state index in [1.54, 1.807) is 37.2 Å². The first-order valence-corrected chi connectivity index (χ1v) is 19.8. The zero-order valence-corrected chi connectivity index (χ0v) is 33.4. The Kier molecular flexibility index (Phi) is 9.32. The fourth-order valence-corrected chi connectivity index (χ4v) is 7.71. The van der Waals surface area contributed by atoms with Gasteiger partial charge in [0.05, 0.1) is 62.0 Å². The van der Waals surface area contributed by atoms with Gasteiger partial charge in [0, 0.05) is 63.0 Å². The Morgan fingerprint density at radius 3 is 1.70 bits per heavy atom. The van der Waals surface area contributed by atoms with E-state index in [2.05, 4.69) is 67.6 Å². The van der Waals surface area contributed by atoms with E-state index in [1.165, 1.54) is 25.2 Å². The van der Waals surface area contributed by atoms with Gasteiger partial charge in [0.2, 0.25) is 0 Å². The summed E-state index contributed by atoms with van der Waals surface area (Å²) in [6, 6.07) is 11.6. The van der Waals surface area contributed by atoms with E-state index >= 15 is 0 Å². The molecule has 1 saturated heterocycles. The van der Waals surface area contributed by atoms with Crippen molar-refractivity contribution in [2.45, 2.75) is 76.3 Å². The number of aromatic nitrogens is 8. The average molecular weight is 863 g/mol. The fourth-order valence-electron chi connectivity index (χ4n) is 7.02. The minimum absolute atomic E-state index is 0.0648. The number of pyridine rings is 6. The van der Waals surface area contributed by atoms with Crippen LogP contribution < -0.4 is 0 Å². The molecular weight excluding hydrogens is 824 g/mol. The van der Waals surface area contributed by atoms with Crippen LogP contribution >= 0.6 is 22.6 Å². The Hall–Kier alpha value is -4.93. The molecule has 0 unspecified atom stereocenters. The number of H-pyrrole nitrogens is 2. The van der Waals surface area contributed by atoms with Crippen LogP contribution in [0.3, 0.4) is 0 Å². The van der Waals surface area contributed by atoms with Gasteiger partial charge in [-0.25, -0.2) is 18.7 Å². The normalized spacial score (nSPS) is 17.2. The van der Waals surface area contributed by atoms with Crippen LogP contribution in [-0.2, 0) is 9.31 Å². The first-order chi connectivity index (χ1) is 27.0. The van der Waals surface area contributed by atoms with Crippen molar-refractivity contribution < 1.29 is 18.1 Å². The third-order valence-electron chi connectivity index (χ3n) is 11.1. The minimum atomic E-state index is -0.316. The monoisotopic (exact) mass is 862 g/mol. The van der Waals surface area contributed by atoms with Crippen molar-refractivity contribution in [3.63, 3.8) is 0 Å². The van der Waals surface area contributed by atoms with Gasteiger partial charge in [0.25, 0.3) is 0 Å². The summed E-state index contributed by atoms with van der Waals surface area (Å²) < 4.78 is 40.4. The quantitative estimate of drug-likeness (QED) is 0.132. The average Bonchev–Trinajstić information content (AvgIpc) is 4.14. The lowest BCUT2D eigenvalue weighted by Crippen LogP contribution is -2.41. The number of fused-ring (bicyclic) bond motifs is 6. The molecule has 3 fully saturated rings. The van der Waals surface area contributed by atoms with Gasteiger partial charge < -0.3 is 19.3 Å². The highest BCUT2D eigenvalue weighted by molar-refractivity contribution is 14.1. The van der Waals surface area contributed by atoms with Crippen molar-refractivity contribution in [1.82, 2.24) is 39.9 Å². The third-order valence-corrected chi connectivity index (χ3v) is 12.1. The first-order valence-electron chi connectivity index (χ1n) is 18.7. The van der Waals surface area contributed by atoms with E-state index < -0.39 is 0 Å². The smallest absolute Gasteiger partial charge is 0.403 e. The van der Waals surface area contributed by atoms with Gasteiger partial charge in [-0.1, -0.05) is 12.8 Å². The summed E-state index contributed by atoms with van der Waals surface area (Å²) in [7, 11) is 0.0648. The molecule has 14 heteroatoms. The largest absolute Gasteiger partial charge is 0.461 e. The molecular formula is C42H38BF2IN8O2. The number of hydrogen-bond acceptors (Lipinski definition) is 8. The molecule has 0 aromatic carbocycles. The maximum Gasteiger partial charge on any atom is 0.461 e. The maximum atomic E-state index is 14.3. The molecule has 3 aliphatic rings. The van der Waals surface area contributed by atoms with Crippen molar-refractivity contribution in [2.24, 2.45) is 0 Å². The van der Waals surface area contributed by atoms with Crippen LogP contribution in [0.1, 0.15) is 64.9 Å². The maximum absolute atomic E-state index is 14.3. The summed E-state index contributed by atoms with van der Waals surface area (Å²) in [5.41, 5.74) is 7.14. The molecule has 8 aromatic rings. The molecule has 2 aliphatic carbocycles. The summed E-state index contributed by atoms with van der Waals surface area (Å²) >= 11 is 2.01. The fraction of sp³-hybridized carbons (Fsp3) is 0.286. The molecule has 0 radical (unpaired) electrons. The van der Waals surface area contributed by atoms with E-state index in [0.717, 1.165) is 79.1 Å². The standard InChI is InChI=1S/C18H13FN4.C15H8FIN4.C9H17BO2/c19-13-8-22-18-17(16(13)10-3-4-10)12-6-14(21-9-15(12)23-18)11-2-1-5-20-7-11;16-10-6-20-15-13(14(10)17)9-4-11(19-7-12(9)21-15)8-2-1-3-18-5-8;1-8(2)9(3,4)12-10(11-8)7-5-6-7/h1-2,5-10H,3-4H2,(H,22,23);1-7H,(H,20,21);7H,5-6H2,1-4H3. The molecule has 0 spiro atoms. The van der Waals surface area contributed by atoms with Crippen LogP contribution in [0.25, 0.3) is 66.4 Å². The van der Waals surface area contributed by atoms with Crippen LogP contribution in [0.5, 0.6) is 0 Å². The second kappa shape index (κ2) is 14.2. The van der Waals surface area contributed by atoms with Crippen LogP contribution in [-0.4, -0.2) is 58.2 Å². The molecule has 0 amide bonds. The second-order valence-corrected chi connectivity index (χ2v) is 16.7. The minimum Gasteiger partial charge on any atom is -0.403 e. The predicted molar refractivity (Wildman–Crippen MR) is 223 cm³/mol. The Morgan fingerprint density at radius 2 is 1.20 bits per heavy atom. The van der Waals surface area contributed by atoms with E-state index in [-0.39, 0.29) is 30.0 Å². The molecule has 0 bridgehead atoms. The van der Waals surface area contributed by atoms with Crippen LogP contribution in [0, 0.1) is 15.2 Å². The molecule has 11 rings (SSSR count). The van der Waals surface area contributed by atoms with Gasteiger partial charge in [-0.3, -0.25) is 19.9 Å². The summed E-state index contributed by atoms with van der Waals surface area (Å²) in [4.78, 5) is 31.9. The summed E-state index contributed by atoms with van der Waals surface area (Å²) in [6.07, 6.45) is 17.7. The molecule has 56 heavy (non-hydrogen) atoms. The van der Waals surface area contributed by atoms with E-state index in [4.69, 9.17) is 9.31 Å². The lowest BCUT2D eigenvalue weighted by atomic mass is 9.82. The Balaban J connectivity index is 0.000000115. The number of hydrogen-bond donors (Lipinski definition) is 2. The highest BCUT2D eigenvalue weighted by Gasteiger charge is 2.56. The molecule has 2 saturated carbocycles. The van der Waals surface area contributed by atoms with Crippen molar-refractivity contribution in [1.29, 1.82) is 0 Å². The number of halogens is 3. The van der Waals surface area contributed by atoms with Gasteiger partial charge in [0.15, 0.2) is 5.82 Å². The highest BCUT2D eigenvalue weighted by atomic mass is 127. The van der Waals surface area contributed by atoms with E-state index in [1.807, 2.05) is 59.0 Å². The van der Waals surface area contributed by atoms with Gasteiger partial charge in [-0.2, -0.15) is 0 Å². The molecule has 10 nitrogen and oxygen atoms in total. The second-order valence-electron chi connectivity index (χ2n) is 15.6. The van der Waals surface area contributed by atoms with Crippen LogP contribution in [0.4, 0.5) is 8.78 Å². The zero-order chi connectivity index (χ0) is 38.8. The number of rotatable bonds is 4. The molecule has 282 valence electrons. The van der Waals surface area contributed by atoms with Crippen molar-refractivity contribution in [2.75, 3.05) is 0 Å². The molecule has 2 N–H and O–H groups in total. The Morgan fingerprint density at radius 1 is 0.679 bits per heavy atom. The lowest BCUT2D eigenvalue weighted by molar-refractivity contribution is 0.00578. The summed E-state index contributed by atoms with van der Waals surface area (Å²) in [5, 5.41) is 3.58. The Labute approximate surface area is 335 Å². The number of aromatic amines is 2. The molecule has 1 aliphatic heterocycles. The molecule has 0 atom stereocenters. The Bertz CT molecular complexity index is 2720. The molecule has 9 heterocycles. The summed E-state index contributed by atoms with van der Waals surface area (Å²) in [6.45, 7) is 8.43. The van der Waals surface area contributed by atoms with Crippen LogP contribution in [0.15, 0.2) is 86.0 Å². The molecule has 8 aromatic heterocycles. The third kappa shape index (κ3) is 6.91. The first kappa shape index (κ1) is 36.7. The summed E-state index contributed by atoms with van der Waals surface area (Å²) in [5.74, 6) is 0.463. The van der Waals surface area contributed by atoms with Gasteiger partial charge in [-0.05, 0) is 111 Å². The van der Waals surface area contributed by atoms with Gasteiger partial charge >= 0.3 is 7.12 Å². The van der Waals surface area contributed by atoms with Gasteiger partial charge in [0.1, 0.15) is 17.1 Å². The predicted octanol–water partition coefficient (Wildman–Crippen LogP) is 10.3. The van der Waals surface area contributed by atoms with Gasteiger partial charge in [-0.15, -0.1) is 0 Å². The lowest BCUT2D eigenvalue weighted by Gasteiger charge is -2.32. The van der Waals surface area contributed by atoms with E-state index in [9.17, 15) is 8.78 Å². The zero-order valence-electron chi connectivity index (χ0n) is 31.3. The number of nitrogens with zero attached hydrogens (tertiary/aromatic N) is 6. The van der Waals surface area contributed by atoms with E-state index in [0.29, 0.717) is 21.0 Å². The highest BCUT2D eigenvalue weighted by Crippen LogP contribution is 2.49. The van der Waals surface area contributed by atoms with Crippen molar-refractivity contribution in [3.8, 4) is 22.5 Å². The topological polar surface area (TPSA) is 127 Å². The van der Waals surface area contributed by atoms with Crippen LogP contribution in [0.2, 0.25) is 5.82 Å². The van der Waals surface area contributed by atoms with Crippen molar-refractivity contribution in [3.05, 3.63) is 107 Å².